The molecule has 0 radical (unpaired) electrons. The fraction of sp³-hybridized carbons (Fsp3) is 0.846. The normalized spacial score (nSPS) is 35.6. The SMILES string of the molecule is C=C(C)COC1CCC2C(C1)OC(=O)C(CCC(=O)N1CCN(C3CCCCN3)CC1)C2C. The average molecular weight is 462 g/mol. The molecule has 0 aromatic rings. The fourth-order valence-electron chi connectivity index (χ4n) is 6.26. The van der Waals surface area contributed by atoms with Gasteiger partial charge in [-0.05, 0) is 63.8 Å². The van der Waals surface area contributed by atoms with Crippen LogP contribution in [0.3, 0.4) is 0 Å². The van der Waals surface area contributed by atoms with Crippen molar-refractivity contribution in [2.75, 3.05) is 39.3 Å². The van der Waals surface area contributed by atoms with Crippen molar-refractivity contribution in [1.29, 1.82) is 0 Å². The number of ether oxygens (including phenoxy) is 2. The molecule has 3 saturated heterocycles. The number of carbonyl (C=O) groups excluding carboxylic acids is 2. The first kappa shape index (κ1) is 24.7. The minimum atomic E-state index is -0.171. The van der Waals surface area contributed by atoms with Crippen molar-refractivity contribution in [3.8, 4) is 0 Å². The Morgan fingerprint density at radius 3 is 2.67 bits per heavy atom. The van der Waals surface area contributed by atoms with Crippen LogP contribution >= 0.6 is 0 Å². The van der Waals surface area contributed by atoms with Crippen LogP contribution in [0.15, 0.2) is 12.2 Å². The fourth-order valence-corrected chi connectivity index (χ4v) is 6.26. The molecule has 1 saturated carbocycles. The second-order valence-corrected chi connectivity index (χ2v) is 10.7. The lowest BCUT2D eigenvalue weighted by Crippen LogP contribution is -2.56. The number of fused-ring (bicyclic) bond motifs is 1. The first-order valence-corrected chi connectivity index (χ1v) is 13.1. The zero-order valence-electron chi connectivity index (χ0n) is 20.6. The van der Waals surface area contributed by atoms with Gasteiger partial charge in [0.15, 0.2) is 0 Å². The lowest BCUT2D eigenvalue weighted by atomic mass is 9.69. The van der Waals surface area contributed by atoms with Crippen LogP contribution in [0.5, 0.6) is 0 Å². The third kappa shape index (κ3) is 6.17. The van der Waals surface area contributed by atoms with Crippen molar-refractivity contribution >= 4 is 11.9 Å². The summed E-state index contributed by atoms with van der Waals surface area (Å²) in [5, 5.41) is 3.61. The Balaban J connectivity index is 1.22. The van der Waals surface area contributed by atoms with E-state index in [1.165, 1.54) is 19.3 Å². The van der Waals surface area contributed by atoms with Crippen LogP contribution in [0.4, 0.5) is 0 Å². The molecule has 4 fully saturated rings. The van der Waals surface area contributed by atoms with E-state index in [0.717, 1.165) is 57.6 Å². The van der Waals surface area contributed by atoms with Gasteiger partial charge in [-0.25, -0.2) is 0 Å². The van der Waals surface area contributed by atoms with E-state index < -0.39 is 0 Å². The number of nitrogens with zero attached hydrogens (tertiary/aromatic N) is 2. The lowest BCUT2D eigenvalue weighted by molar-refractivity contribution is -0.181. The van der Waals surface area contributed by atoms with Gasteiger partial charge >= 0.3 is 5.97 Å². The maximum Gasteiger partial charge on any atom is 0.309 e. The Bertz CT molecular complexity index is 700. The second-order valence-electron chi connectivity index (χ2n) is 10.7. The summed E-state index contributed by atoms with van der Waals surface area (Å²) in [5.41, 5.74) is 1.02. The zero-order valence-corrected chi connectivity index (χ0v) is 20.6. The molecule has 0 spiro atoms. The smallest absolute Gasteiger partial charge is 0.309 e. The van der Waals surface area contributed by atoms with E-state index in [4.69, 9.17) is 9.47 Å². The first-order valence-electron chi connectivity index (χ1n) is 13.1. The van der Waals surface area contributed by atoms with Gasteiger partial charge in [0.1, 0.15) is 6.10 Å². The van der Waals surface area contributed by atoms with Crippen LogP contribution in [0, 0.1) is 17.8 Å². The second kappa shape index (κ2) is 11.3. The number of rotatable bonds is 7. The van der Waals surface area contributed by atoms with Crippen LogP contribution in [0.2, 0.25) is 0 Å². The third-order valence-electron chi connectivity index (χ3n) is 8.30. The Morgan fingerprint density at radius 1 is 1.18 bits per heavy atom. The van der Waals surface area contributed by atoms with Crippen LogP contribution in [-0.4, -0.2) is 79.4 Å². The molecule has 0 bridgehead atoms. The van der Waals surface area contributed by atoms with Crippen LogP contribution in [0.25, 0.3) is 0 Å². The number of piperazine rings is 1. The number of amides is 1. The molecule has 7 heteroatoms. The molecule has 186 valence electrons. The molecular formula is C26H43N3O4. The van der Waals surface area contributed by atoms with Gasteiger partial charge in [0.2, 0.25) is 5.91 Å². The van der Waals surface area contributed by atoms with E-state index >= 15 is 0 Å². The maximum atomic E-state index is 12.9. The topological polar surface area (TPSA) is 71.1 Å². The van der Waals surface area contributed by atoms with Gasteiger partial charge < -0.3 is 19.7 Å². The monoisotopic (exact) mass is 461 g/mol. The average Bonchev–Trinajstić information content (AvgIpc) is 2.83. The largest absolute Gasteiger partial charge is 0.462 e. The molecular weight excluding hydrogens is 418 g/mol. The van der Waals surface area contributed by atoms with Gasteiger partial charge in [0, 0.05) is 39.0 Å². The highest BCUT2D eigenvalue weighted by Gasteiger charge is 2.46. The maximum absolute atomic E-state index is 12.9. The number of piperidine rings is 1. The number of esters is 1. The molecule has 0 aromatic carbocycles. The van der Waals surface area contributed by atoms with Crippen molar-refractivity contribution in [2.24, 2.45) is 17.8 Å². The van der Waals surface area contributed by atoms with Gasteiger partial charge in [0.05, 0.1) is 24.8 Å². The number of nitrogens with one attached hydrogen (secondary N) is 1. The predicted octanol–water partition coefficient (Wildman–Crippen LogP) is 2.95. The number of hydrogen-bond acceptors (Lipinski definition) is 6. The molecule has 3 aliphatic heterocycles. The van der Waals surface area contributed by atoms with Crippen LogP contribution < -0.4 is 5.32 Å². The van der Waals surface area contributed by atoms with Gasteiger partial charge in [-0.1, -0.05) is 19.1 Å². The van der Waals surface area contributed by atoms with Gasteiger partial charge in [-0.15, -0.1) is 0 Å². The molecule has 0 aromatic heterocycles. The van der Waals surface area contributed by atoms with E-state index in [-0.39, 0.29) is 35.9 Å². The third-order valence-corrected chi connectivity index (χ3v) is 8.30. The molecule has 3 heterocycles. The van der Waals surface area contributed by atoms with Crippen molar-refractivity contribution in [2.45, 2.75) is 83.6 Å². The summed E-state index contributed by atoms with van der Waals surface area (Å²) in [6.07, 6.45) is 8.16. The lowest BCUT2D eigenvalue weighted by Gasteiger charge is -2.45. The number of hydrogen-bond donors (Lipinski definition) is 1. The van der Waals surface area contributed by atoms with Crippen LogP contribution in [-0.2, 0) is 19.1 Å². The Labute approximate surface area is 199 Å². The minimum absolute atomic E-state index is 0.0511. The summed E-state index contributed by atoms with van der Waals surface area (Å²) < 4.78 is 11.8. The van der Waals surface area contributed by atoms with Crippen molar-refractivity contribution in [3.05, 3.63) is 12.2 Å². The summed E-state index contributed by atoms with van der Waals surface area (Å²) in [6, 6.07) is 0. The Kier molecular flexibility index (Phi) is 8.47. The highest BCUT2D eigenvalue weighted by Crippen LogP contribution is 2.42. The van der Waals surface area contributed by atoms with E-state index in [0.29, 0.717) is 31.5 Å². The summed E-state index contributed by atoms with van der Waals surface area (Å²) in [6.45, 7) is 13.2. The minimum Gasteiger partial charge on any atom is -0.462 e. The molecule has 1 amide bonds. The molecule has 7 nitrogen and oxygen atoms in total. The van der Waals surface area contributed by atoms with Crippen molar-refractivity contribution in [1.82, 2.24) is 15.1 Å². The first-order chi connectivity index (χ1) is 15.9. The highest BCUT2D eigenvalue weighted by atomic mass is 16.5. The van der Waals surface area contributed by atoms with Crippen molar-refractivity contribution in [3.63, 3.8) is 0 Å². The van der Waals surface area contributed by atoms with Gasteiger partial charge in [0.25, 0.3) is 0 Å². The summed E-state index contributed by atoms with van der Waals surface area (Å²) >= 11 is 0. The van der Waals surface area contributed by atoms with E-state index in [1.54, 1.807) is 0 Å². The summed E-state index contributed by atoms with van der Waals surface area (Å²) in [4.78, 5) is 30.2. The predicted molar refractivity (Wildman–Crippen MR) is 127 cm³/mol. The zero-order chi connectivity index (χ0) is 23.4. The highest BCUT2D eigenvalue weighted by molar-refractivity contribution is 5.78. The van der Waals surface area contributed by atoms with E-state index in [1.807, 2.05) is 11.8 Å². The van der Waals surface area contributed by atoms with Crippen molar-refractivity contribution < 1.29 is 19.1 Å². The molecule has 1 N–H and O–H groups in total. The molecule has 6 atom stereocenters. The Morgan fingerprint density at radius 2 is 1.97 bits per heavy atom. The molecule has 4 aliphatic rings. The van der Waals surface area contributed by atoms with Gasteiger partial charge in [-0.2, -0.15) is 0 Å². The van der Waals surface area contributed by atoms with E-state index in [9.17, 15) is 9.59 Å². The summed E-state index contributed by atoms with van der Waals surface area (Å²) in [7, 11) is 0. The van der Waals surface area contributed by atoms with Crippen LogP contribution in [0.1, 0.15) is 65.2 Å². The van der Waals surface area contributed by atoms with Gasteiger partial charge in [-0.3, -0.25) is 14.5 Å². The standard InChI is InChI=1S/C26H43N3O4/c1-18(2)17-32-20-7-8-21-19(3)22(26(31)33-23(21)16-20)9-10-25(30)29-14-12-28(13-15-29)24-6-4-5-11-27-24/h19-24,27H,1,4-17H2,2-3H3. The molecule has 33 heavy (non-hydrogen) atoms. The summed E-state index contributed by atoms with van der Waals surface area (Å²) in [5.74, 6) is 0.519. The molecule has 4 rings (SSSR count). The molecule has 6 unspecified atom stereocenters. The van der Waals surface area contributed by atoms with E-state index in [2.05, 4.69) is 23.7 Å². The molecule has 1 aliphatic carbocycles. The quantitative estimate of drug-likeness (QED) is 0.464. The Hall–Kier alpha value is -1.44. The number of carbonyl (C=O) groups is 2.